The summed E-state index contributed by atoms with van der Waals surface area (Å²) in [6.07, 6.45) is 1.90. The molecule has 0 amide bonds. The summed E-state index contributed by atoms with van der Waals surface area (Å²) in [6.45, 7) is 4.52. The predicted octanol–water partition coefficient (Wildman–Crippen LogP) is 2.16. The number of ether oxygens (including phenoxy) is 1. The van der Waals surface area contributed by atoms with E-state index in [4.69, 9.17) is 10.5 Å². The number of nitrogens with two attached hydrogens (primary N) is 1. The van der Waals surface area contributed by atoms with Gasteiger partial charge in [-0.1, -0.05) is 0 Å². The van der Waals surface area contributed by atoms with E-state index in [1.165, 1.54) is 0 Å². The molecule has 0 spiro atoms. The Morgan fingerprint density at radius 1 is 1.38 bits per heavy atom. The van der Waals surface area contributed by atoms with E-state index in [-0.39, 0.29) is 0 Å². The second-order valence-electron chi connectivity index (χ2n) is 3.59. The molecule has 0 aliphatic heterocycles. The molecule has 2 aromatic rings. The minimum atomic E-state index is 0.626. The van der Waals surface area contributed by atoms with Crippen LogP contribution in [0.3, 0.4) is 0 Å². The maximum absolute atomic E-state index is 5.81. The second kappa shape index (κ2) is 4.26. The van der Waals surface area contributed by atoms with Crippen LogP contribution in [0.25, 0.3) is 5.69 Å². The smallest absolute Gasteiger partial charge is 0.123 e. The zero-order valence-electron chi connectivity index (χ0n) is 9.47. The number of benzene rings is 1. The molecule has 0 radical (unpaired) electrons. The highest BCUT2D eigenvalue weighted by atomic mass is 16.5. The highest BCUT2D eigenvalue weighted by molar-refractivity contribution is 5.53. The fraction of sp³-hybridized carbons (Fsp3) is 0.250. The largest absolute Gasteiger partial charge is 0.494 e. The van der Waals surface area contributed by atoms with Crippen LogP contribution >= 0.6 is 0 Å². The number of aromatic nitrogens is 2. The second-order valence-corrected chi connectivity index (χ2v) is 3.59. The van der Waals surface area contributed by atoms with Crippen LogP contribution in [0.2, 0.25) is 0 Å². The molecule has 0 saturated heterocycles. The lowest BCUT2D eigenvalue weighted by Gasteiger charge is -2.08. The Balaban J connectivity index is 2.40. The van der Waals surface area contributed by atoms with Crippen LogP contribution in [0.5, 0.6) is 5.75 Å². The van der Waals surface area contributed by atoms with Gasteiger partial charge in [0.1, 0.15) is 5.75 Å². The molecule has 0 fully saturated rings. The summed E-state index contributed by atoms with van der Waals surface area (Å²) in [4.78, 5) is 0. The van der Waals surface area contributed by atoms with Gasteiger partial charge in [-0.05, 0) is 26.0 Å². The topological polar surface area (TPSA) is 53.1 Å². The third-order valence-electron chi connectivity index (χ3n) is 2.21. The van der Waals surface area contributed by atoms with Gasteiger partial charge < -0.3 is 10.5 Å². The van der Waals surface area contributed by atoms with E-state index >= 15 is 0 Å². The Morgan fingerprint density at radius 3 is 2.81 bits per heavy atom. The van der Waals surface area contributed by atoms with Crippen LogP contribution in [-0.2, 0) is 0 Å². The van der Waals surface area contributed by atoms with E-state index in [9.17, 15) is 0 Å². The van der Waals surface area contributed by atoms with E-state index in [2.05, 4.69) is 5.10 Å². The molecule has 16 heavy (non-hydrogen) atoms. The van der Waals surface area contributed by atoms with Gasteiger partial charge in [0.05, 0.1) is 18.0 Å². The molecule has 0 atom stereocenters. The van der Waals surface area contributed by atoms with Gasteiger partial charge in [-0.15, -0.1) is 0 Å². The van der Waals surface area contributed by atoms with Crippen molar-refractivity contribution in [3.8, 4) is 11.4 Å². The van der Waals surface area contributed by atoms with Gasteiger partial charge in [-0.2, -0.15) is 5.10 Å². The van der Waals surface area contributed by atoms with Gasteiger partial charge in [0, 0.05) is 24.0 Å². The third kappa shape index (κ3) is 2.16. The van der Waals surface area contributed by atoms with Gasteiger partial charge in [0.2, 0.25) is 0 Å². The molecule has 1 aromatic carbocycles. The first-order valence-electron chi connectivity index (χ1n) is 5.25. The zero-order valence-corrected chi connectivity index (χ0v) is 9.47. The Hall–Kier alpha value is -1.97. The van der Waals surface area contributed by atoms with Crippen LogP contribution in [0.1, 0.15) is 12.6 Å². The van der Waals surface area contributed by atoms with Crippen LogP contribution in [0.15, 0.2) is 30.5 Å². The lowest BCUT2D eigenvalue weighted by atomic mass is 10.2. The van der Waals surface area contributed by atoms with Gasteiger partial charge >= 0.3 is 0 Å². The number of rotatable bonds is 3. The fourth-order valence-corrected chi connectivity index (χ4v) is 1.55. The summed E-state index contributed by atoms with van der Waals surface area (Å²) in [6, 6.07) is 7.55. The average molecular weight is 217 g/mol. The van der Waals surface area contributed by atoms with E-state index in [0.717, 1.165) is 17.1 Å². The number of hydrogen-bond acceptors (Lipinski definition) is 3. The summed E-state index contributed by atoms with van der Waals surface area (Å²) >= 11 is 0. The predicted molar refractivity (Wildman–Crippen MR) is 63.9 cm³/mol. The van der Waals surface area contributed by atoms with E-state index in [0.29, 0.717) is 12.3 Å². The maximum Gasteiger partial charge on any atom is 0.123 e. The SMILES string of the molecule is CCOc1cc(N)cc(-n2ccc(C)n2)c1. The van der Waals surface area contributed by atoms with E-state index in [1.54, 1.807) is 4.68 Å². The molecule has 2 rings (SSSR count). The lowest BCUT2D eigenvalue weighted by molar-refractivity contribution is 0.340. The van der Waals surface area contributed by atoms with E-state index < -0.39 is 0 Å². The Labute approximate surface area is 94.6 Å². The van der Waals surface area contributed by atoms with Crippen molar-refractivity contribution in [3.05, 3.63) is 36.2 Å². The van der Waals surface area contributed by atoms with Crippen LogP contribution in [-0.4, -0.2) is 16.4 Å². The van der Waals surface area contributed by atoms with Gasteiger partial charge in [0.15, 0.2) is 0 Å². The molecule has 1 aromatic heterocycles. The minimum absolute atomic E-state index is 0.626. The number of hydrogen-bond donors (Lipinski definition) is 1. The molecule has 0 bridgehead atoms. The van der Waals surface area contributed by atoms with Crippen molar-refractivity contribution in [2.45, 2.75) is 13.8 Å². The molecule has 0 unspecified atom stereocenters. The zero-order chi connectivity index (χ0) is 11.5. The van der Waals surface area contributed by atoms with Crippen molar-refractivity contribution in [1.82, 2.24) is 9.78 Å². The molecule has 1 heterocycles. The lowest BCUT2D eigenvalue weighted by Crippen LogP contribution is -1.99. The Morgan fingerprint density at radius 2 is 2.19 bits per heavy atom. The highest BCUT2D eigenvalue weighted by Crippen LogP contribution is 2.21. The van der Waals surface area contributed by atoms with Crippen molar-refractivity contribution in [1.29, 1.82) is 0 Å². The normalized spacial score (nSPS) is 10.4. The summed E-state index contributed by atoms with van der Waals surface area (Å²) in [5, 5.41) is 4.33. The van der Waals surface area contributed by atoms with Crippen LogP contribution in [0, 0.1) is 6.92 Å². The molecule has 0 saturated carbocycles. The molecule has 4 nitrogen and oxygen atoms in total. The quantitative estimate of drug-likeness (QED) is 0.801. The first kappa shape index (κ1) is 10.5. The molecule has 4 heteroatoms. The molecule has 84 valence electrons. The van der Waals surface area contributed by atoms with Crippen molar-refractivity contribution in [2.75, 3.05) is 12.3 Å². The first-order valence-corrected chi connectivity index (χ1v) is 5.25. The van der Waals surface area contributed by atoms with Gasteiger partial charge in [0.25, 0.3) is 0 Å². The van der Waals surface area contributed by atoms with Crippen molar-refractivity contribution >= 4 is 5.69 Å². The van der Waals surface area contributed by atoms with E-state index in [1.807, 2.05) is 44.3 Å². The Bertz CT molecular complexity index is 491. The standard InChI is InChI=1S/C12H15N3O/c1-3-16-12-7-10(13)6-11(8-12)15-5-4-9(2)14-15/h4-8H,3,13H2,1-2H3. The summed E-state index contributed by atoms with van der Waals surface area (Å²) in [5.74, 6) is 0.769. The van der Waals surface area contributed by atoms with Crippen molar-refractivity contribution < 1.29 is 4.74 Å². The molecule has 0 aliphatic carbocycles. The summed E-state index contributed by atoms with van der Waals surface area (Å²) in [5.41, 5.74) is 8.37. The monoisotopic (exact) mass is 217 g/mol. The molecular weight excluding hydrogens is 202 g/mol. The Kier molecular flexibility index (Phi) is 2.81. The van der Waals surface area contributed by atoms with Crippen molar-refractivity contribution in [2.24, 2.45) is 0 Å². The first-order chi connectivity index (χ1) is 7.69. The number of aryl methyl sites for hydroxylation is 1. The van der Waals surface area contributed by atoms with Gasteiger partial charge in [-0.3, -0.25) is 0 Å². The molecular formula is C12H15N3O. The van der Waals surface area contributed by atoms with Gasteiger partial charge in [-0.25, -0.2) is 4.68 Å². The van der Waals surface area contributed by atoms with Crippen molar-refractivity contribution in [3.63, 3.8) is 0 Å². The maximum atomic E-state index is 5.81. The van der Waals surface area contributed by atoms with Crippen LogP contribution < -0.4 is 10.5 Å². The summed E-state index contributed by atoms with van der Waals surface area (Å²) < 4.78 is 7.22. The minimum Gasteiger partial charge on any atom is -0.494 e. The molecule has 2 N–H and O–H groups in total. The summed E-state index contributed by atoms with van der Waals surface area (Å²) in [7, 11) is 0. The number of anilines is 1. The molecule has 0 aliphatic rings. The third-order valence-corrected chi connectivity index (χ3v) is 2.21. The fourth-order valence-electron chi connectivity index (χ4n) is 1.55. The number of nitrogens with zero attached hydrogens (tertiary/aromatic N) is 2. The number of nitrogen functional groups attached to an aromatic ring is 1. The average Bonchev–Trinajstić information content (AvgIpc) is 2.64. The highest BCUT2D eigenvalue weighted by Gasteiger charge is 2.02. The van der Waals surface area contributed by atoms with Crippen LogP contribution in [0.4, 0.5) is 5.69 Å².